The Hall–Kier alpha value is -0.860. The molecule has 2 aliphatic rings. The minimum atomic E-state index is 0.113. The minimum Gasteiger partial charge on any atom is -0.394 e. The number of aliphatic hydroxyl groups is 1. The van der Waals surface area contributed by atoms with Gasteiger partial charge in [-0.3, -0.25) is 0 Å². The maximum Gasteiger partial charge on any atom is 0.0626 e. The summed E-state index contributed by atoms with van der Waals surface area (Å²) in [6, 6.07) is 11.1. The minimum absolute atomic E-state index is 0.113. The quantitative estimate of drug-likeness (QED) is 0.788. The van der Waals surface area contributed by atoms with Crippen molar-refractivity contribution in [1.82, 2.24) is 5.32 Å². The lowest BCUT2D eigenvalue weighted by Crippen LogP contribution is -2.37. The molecule has 2 saturated carbocycles. The number of benzene rings is 1. The van der Waals surface area contributed by atoms with E-state index >= 15 is 0 Å². The molecule has 0 heterocycles. The van der Waals surface area contributed by atoms with Crippen LogP contribution in [0.5, 0.6) is 0 Å². The van der Waals surface area contributed by atoms with E-state index in [9.17, 15) is 5.11 Å². The molecule has 1 atom stereocenters. The molecule has 0 spiro atoms. The Bertz CT molecular complexity index is 344. The maximum absolute atomic E-state index is 9.57. The predicted molar refractivity (Wildman–Crippen MR) is 68.6 cm³/mol. The summed E-state index contributed by atoms with van der Waals surface area (Å²) in [5.74, 6) is 1.75. The van der Waals surface area contributed by atoms with E-state index in [0.717, 1.165) is 11.8 Å². The van der Waals surface area contributed by atoms with Crippen LogP contribution in [0.3, 0.4) is 0 Å². The fraction of sp³-hybridized carbons (Fsp3) is 0.600. The van der Waals surface area contributed by atoms with Crippen LogP contribution >= 0.6 is 0 Å². The first-order valence-electron chi connectivity index (χ1n) is 6.80. The van der Waals surface area contributed by atoms with Gasteiger partial charge in [-0.15, -0.1) is 0 Å². The third-order valence-corrected chi connectivity index (χ3v) is 4.04. The van der Waals surface area contributed by atoms with Crippen LogP contribution in [0.1, 0.15) is 37.3 Å². The topological polar surface area (TPSA) is 32.3 Å². The molecule has 0 amide bonds. The number of aliphatic hydroxyl groups excluding tert-OH is 1. The van der Waals surface area contributed by atoms with E-state index in [2.05, 4.69) is 17.4 Å². The Labute approximate surface area is 103 Å². The third kappa shape index (κ3) is 2.70. The molecule has 2 N–H and O–H groups in total. The highest BCUT2D eigenvalue weighted by molar-refractivity contribution is 5.19. The molecule has 2 heteroatoms. The van der Waals surface area contributed by atoms with Crippen LogP contribution in [0.2, 0.25) is 0 Å². The van der Waals surface area contributed by atoms with Crippen LogP contribution in [0, 0.1) is 11.8 Å². The van der Waals surface area contributed by atoms with Gasteiger partial charge in [0.15, 0.2) is 0 Å². The molecule has 2 nitrogen and oxygen atoms in total. The summed E-state index contributed by atoms with van der Waals surface area (Å²) >= 11 is 0. The summed E-state index contributed by atoms with van der Waals surface area (Å²) < 4.78 is 0. The van der Waals surface area contributed by atoms with E-state index in [-0.39, 0.29) is 12.6 Å². The Morgan fingerprint density at radius 3 is 2.12 bits per heavy atom. The highest BCUT2D eigenvalue weighted by Gasteiger charge is 2.42. The van der Waals surface area contributed by atoms with E-state index < -0.39 is 0 Å². The first-order chi connectivity index (χ1) is 8.38. The Kier molecular flexibility index (Phi) is 3.17. The Morgan fingerprint density at radius 2 is 1.65 bits per heavy atom. The van der Waals surface area contributed by atoms with Crippen molar-refractivity contribution in [2.75, 3.05) is 6.61 Å². The molecule has 0 bridgehead atoms. The lowest BCUT2D eigenvalue weighted by Gasteiger charge is -2.25. The van der Waals surface area contributed by atoms with E-state index in [4.69, 9.17) is 0 Å². The normalized spacial score (nSPS) is 21.8. The van der Waals surface area contributed by atoms with Gasteiger partial charge in [-0.2, -0.15) is 0 Å². The van der Waals surface area contributed by atoms with Crippen LogP contribution < -0.4 is 5.32 Å². The number of rotatable bonds is 6. The SMILES string of the molecule is OC[C@H](NC(C1CC1)C1CC1)c1ccccc1. The maximum atomic E-state index is 9.57. The fourth-order valence-corrected chi connectivity index (χ4v) is 2.74. The van der Waals surface area contributed by atoms with E-state index in [1.54, 1.807) is 0 Å². The van der Waals surface area contributed by atoms with Crippen molar-refractivity contribution in [2.45, 2.75) is 37.8 Å². The summed E-state index contributed by atoms with van der Waals surface area (Å²) in [5, 5.41) is 13.3. The molecule has 1 aromatic rings. The molecule has 1 aromatic carbocycles. The number of hydrogen-bond acceptors (Lipinski definition) is 2. The monoisotopic (exact) mass is 231 g/mol. The van der Waals surface area contributed by atoms with Gasteiger partial charge >= 0.3 is 0 Å². The predicted octanol–water partition coefficient (Wildman–Crippen LogP) is 2.50. The van der Waals surface area contributed by atoms with Gasteiger partial charge in [0.25, 0.3) is 0 Å². The van der Waals surface area contributed by atoms with Gasteiger partial charge in [0, 0.05) is 6.04 Å². The highest BCUT2D eigenvalue weighted by atomic mass is 16.3. The molecule has 2 fully saturated rings. The molecule has 92 valence electrons. The van der Waals surface area contributed by atoms with Crippen LogP contribution in [-0.4, -0.2) is 17.8 Å². The number of nitrogens with one attached hydrogen (secondary N) is 1. The highest BCUT2D eigenvalue weighted by Crippen LogP contribution is 2.45. The smallest absolute Gasteiger partial charge is 0.0626 e. The van der Waals surface area contributed by atoms with Crippen LogP contribution in [0.4, 0.5) is 0 Å². The lowest BCUT2D eigenvalue weighted by molar-refractivity contribution is 0.222. The zero-order valence-electron chi connectivity index (χ0n) is 10.2. The second-order valence-corrected chi connectivity index (χ2v) is 5.51. The van der Waals surface area contributed by atoms with Gasteiger partial charge in [-0.25, -0.2) is 0 Å². The van der Waals surface area contributed by atoms with Gasteiger partial charge in [-0.1, -0.05) is 30.3 Å². The Morgan fingerprint density at radius 1 is 1.06 bits per heavy atom. The van der Waals surface area contributed by atoms with E-state index in [0.29, 0.717) is 6.04 Å². The van der Waals surface area contributed by atoms with Gasteiger partial charge < -0.3 is 10.4 Å². The second-order valence-electron chi connectivity index (χ2n) is 5.51. The summed E-state index contributed by atoms with van der Waals surface area (Å²) in [7, 11) is 0. The summed E-state index contributed by atoms with van der Waals surface area (Å²) in [6.07, 6.45) is 5.50. The van der Waals surface area contributed by atoms with Gasteiger partial charge in [0.05, 0.1) is 12.6 Å². The fourth-order valence-electron chi connectivity index (χ4n) is 2.74. The lowest BCUT2D eigenvalue weighted by atomic mass is 10.0. The van der Waals surface area contributed by atoms with E-state index in [1.165, 1.54) is 31.2 Å². The van der Waals surface area contributed by atoms with Crippen molar-refractivity contribution in [2.24, 2.45) is 11.8 Å². The number of hydrogen-bond donors (Lipinski definition) is 2. The molecule has 3 rings (SSSR count). The second kappa shape index (κ2) is 4.79. The van der Waals surface area contributed by atoms with Crippen molar-refractivity contribution >= 4 is 0 Å². The molecule has 0 radical (unpaired) electrons. The van der Waals surface area contributed by atoms with Crippen molar-refractivity contribution in [3.05, 3.63) is 35.9 Å². The molecule has 2 aliphatic carbocycles. The first-order valence-corrected chi connectivity index (χ1v) is 6.80. The standard InChI is InChI=1S/C15H21NO/c17-10-14(11-4-2-1-3-5-11)16-15(12-6-7-12)13-8-9-13/h1-5,12-17H,6-10H2/t14-/m0/s1. The zero-order chi connectivity index (χ0) is 11.7. The van der Waals surface area contributed by atoms with Gasteiger partial charge in [-0.05, 0) is 43.1 Å². The first kappa shape index (κ1) is 11.2. The molecule has 0 aromatic heterocycles. The summed E-state index contributed by atoms with van der Waals surface area (Å²) in [5.41, 5.74) is 1.21. The zero-order valence-corrected chi connectivity index (χ0v) is 10.2. The van der Waals surface area contributed by atoms with Crippen LogP contribution in [-0.2, 0) is 0 Å². The average Bonchev–Trinajstić information content (AvgIpc) is 3.25. The van der Waals surface area contributed by atoms with Gasteiger partial charge in [0.2, 0.25) is 0 Å². The largest absolute Gasteiger partial charge is 0.394 e. The van der Waals surface area contributed by atoms with Crippen molar-refractivity contribution in [1.29, 1.82) is 0 Å². The third-order valence-electron chi connectivity index (χ3n) is 4.04. The summed E-state index contributed by atoms with van der Waals surface area (Å²) in [4.78, 5) is 0. The molecular weight excluding hydrogens is 210 g/mol. The van der Waals surface area contributed by atoms with Crippen molar-refractivity contribution in [3.63, 3.8) is 0 Å². The van der Waals surface area contributed by atoms with E-state index in [1.807, 2.05) is 18.2 Å². The van der Waals surface area contributed by atoms with Crippen molar-refractivity contribution < 1.29 is 5.11 Å². The molecule has 0 aliphatic heterocycles. The Balaban J connectivity index is 1.68. The van der Waals surface area contributed by atoms with Gasteiger partial charge in [0.1, 0.15) is 0 Å². The molecular formula is C15H21NO. The summed E-state index contributed by atoms with van der Waals surface area (Å²) in [6.45, 7) is 0.194. The molecule has 0 saturated heterocycles. The van der Waals surface area contributed by atoms with Crippen molar-refractivity contribution in [3.8, 4) is 0 Å². The van der Waals surface area contributed by atoms with Crippen LogP contribution in [0.25, 0.3) is 0 Å². The average molecular weight is 231 g/mol. The van der Waals surface area contributed by atoms with Crippen LogP contribution in [0.15, 0.2) is 30.3 Å². The molecule has 0 unspecified atom stereocenters. The molecule has 17 heavy (non-hydrogen) atoms.